The summed E-state index contributed by atoms with van der Waals surface area (Å²) in [5, 5.41) is 10.8. The fourth-order valence-corrected chi connectivity index (χ4v) is 3.30. The van der Waals surface area contributed by atoms with E-state index in [1.807, 2.05) is 0 Å². The van der Waals surface area contributed by atoms with E-state index in [-0.39, 0.29) is 24.2 Å². The lowest BCUT2D eigenvalue weighted by molar-refractivity contribution is -0.137. The Labute approximate surface area is 142 Å². The molecule has 1 saturated heterocycles. The number of carbonyl (C=O) groups is 2. The highest BCUT2D eigenvalue weighted by molar-refractivity contribution is 6.30. The first kappa shape index (κ1) is 18.0. The normalized spacial score (nSPS) is 19.7. The van der Waals surface area contributed by atoms with Crippen molar-refractivity contribution in [2.45, 2.75) is 51.7 Å². The highest BCUT2D eigenvalue weighted by Gasteiger charge is 2.38. The second-order valence-electron chi connectivity index (χ2n) is 6.88. The van der Waals surface area contributed by atoms with Gasteiger partial charge in [-0.3, -0.25) is 9.59 Å². The SMILES string of the molecule is CC(CC(=O)N1CCCC1C(C)(C)O)C(=O)c1ccc(Cl)cc1. The zero-order valence-corrected chi connectivity index (χ0v) is 14.6. The van der Waals surface area contributed by atoms with Crippen LogP contribution in [-0.4, -0.2) is 39.9 Å². The summed E-state index contributed by atoms with van der Waals surface area (Å²) < 4.78 is 0. The maximum atomic E-state index is 12.5. The number of Topliss-reactive ketones (excluding diaryl/α,β-unsaturated/α-hetero) is 1. The molecule has 0 spiro atoms. The topological polar surface area (TPSA) is 57.6 Å². The molecule has 2 rings (SSSR count). The van der Waals surface area contributed by atoms with Gasteiger partial charge in [-0.15, -0.1) is 0 Å². The molecule has 1 N–H and O–H groups in total. The number of halogens is 1. The van der Waals surface area contributed by atoms with Crippen molar-refractivity contribution in [3.63, 3.8) is 0 Å². The van der Waals surface area contributed by atoms with Crippen LogP contribution in [0.25, 0.3) is 0 Å². The van der Waals surface area contributed by atoms with Crippen molar-refractivity contribution in [2.75, 3.05) is 6.54 Å². The number of aliphatic hydroxyl groups is 1. The Morgan fingerprint density at radius 3 is 2.52 bits per heavy atom. The molecular formula is C18H24ClNO3. The lowest BCUT2D eigenvalue weighted by atomic mass is 9.94. The van der Waals surface area contributed by atoms with Crippen LogP contribution < -0.4 is 0 Å². The number of rotatable bonds is 5. The molecule has 5 heteroatoms. The second kappa shape index (κ2) is 7.02. The van der Waals surface area contributed by atoms with Crippen molar-refractivity contribution in [2.24, 2.45) is 5.92 Å². The molecule has 1 aromatic carbocycles. The Hall–Kier alpha value is -1.39. The Kier molecular flexibility index (Phi) is 5.48. The summed E-state index contributed by atoms with van der Waals surface area (Å²) in [6.07, 6.45) is 1.85. The van der Waals surface area contributed by atoms with Gasteiger partial charge in [0, 0.05) is 29.5 Å². The molecule has 4 nitrogen and oxygen atoms in total. The molecule has 1 aliphatic heterocycles. The molecule has 1 aromatic rings. The molecule has 0 saturated carbocycles. The van der Waals surface area contributed by atoms with Gasteiger partial charge < -0.3 is 10.0 Å². The smallest absolute Gasteiger partial charge is 0.223 e. The van der Waals surface area contributed by atoms with Gasteiger partial charge >= 0.3 is 0 Å². The van der Waals surface area contributed by atoms with E-state index >= 15 is 0 Å². The van der Waals surface area contributed by atoms with E-state index in [1.54, 1.807) is 49.9 Å². The molecule has 126 valence electrons. The zero-order valence-electron chi connectivity index (χ0n) is 13.9. The summed E-state index contributed by atoms with van der Waals surface area (Å²) in [5.41, 5.74) is -0.356. The quantitative estimate of drug-likeness (QED) is 0.839. The lowest BCUT2D eigenvalue weighted by Crippen LogP contribution is -2.48. The summed E-state index contributed by atoms with van der Waals surface area (Å²) in [6, 6.07) is 6.54. The largest absolute Gasteiger partial charge is 0.388 e. The van der Waals surface area contributed by atoms with Gasteiger partial charge in [0.1, 0.15) is 0 Å². The molecule has 23 heavy (non-hydrogen) atoms. The van der Waals surface area contributed by atoms with Gasteiger partial charge in [0.15, 0.2) is 5.78 Å². The van der Waals surface area contributed by atoms with Gasteiger partial charge in [0.2, 0.25) is 5.91 Å². The van der Waals surface area contributed by atoms with Crippen LogP contribution in [0.4, 0.5) is 0 Å². The summed E-state index contributed by atoms with van der Waals surface area (Å²) in [4.78, 5) is 26.7. The van der Waals surface area contributed by atoms with Crippen molar-refractivity contribution < 1.29 is 14.7 Å². The first-order valence-corrected chi connectivity index (χ1v) is 8.39. The minimum absolute atomic E-state index is 0.0611. The fourth-order valence-electron chi connectivity index (χ4n) is 3.17. The average molecular weight is 338 g/mol. The van der Waals surface area contributed by atoms with E-state index in [1.165, 1.54) is 0 Å². The van der Waals surface area contributed by atoms with Crippen LogP contribution >= 0.6 is 11.6 Å². The molecule has 0 aliphatic carbocycles. The maximum Gasteiger partial charge on any atom is 0.223 e. The second-order valence-corrected chi connectivity index (χ2v) is 7.31. The fraction of sp³-hybridized carbons (Fsp3) is 0.556. The highest BCUT2D eigenvalue weighted by Crippen LogP contribution is 2.28. The van der Waals surface area contributed by atoms with E-state index < -0.39 is 11.5 Å². The predicted octanol–water partition coefficient (Wildman–Crippen LogP) is 3.31. The molecule has 1 amide bonds. The summed E-state index contributed by atoms with van der Waals surface area (Å²) >= 11 is 5.83. The molecule has 2 unspecified atom stereocenters. The van der Waals surface area contributed by atoms with Gasteiger partial charge in [-0.1, -0.05) is 18.5 Å². The van der Waals surface area contributed by atoms with Gasteiger partial charge in [-0.25, -0.2) is 0 Å². The Balaban J connectivity index is 2.02. The number of likely N-dealkylation sites (tertiary alicyclic amines) is 1. The van der Waals surface area contributed by atoms with Crippen molar-refractivity contribution >= 4 is 23.3 Å². The van der Waals surface area contributed by atoms with Crippen LogP contribution in [0, 0.1) is 5.92 Å². The molecule has 2 atom stereocenters. The van der Waals surface area contributed by atoms with Gasteiger partial charge in [-0.2, -0.15) is 0 Å². The van der Waals surface area contributed by atoms with Crippen LogP contribution in [0.5, 0.6) is 0 Å². The summed E-state index contributed by atoms with van der Waals surface area (Å²) in [5.74, 6) is -0.523. The molecular weight excluding hydrogens is 314 g/mol. The number of benzene rings is 1. The van der Waals surface area contributed by atoms with Crippen molar-refractivity contribution in [1.82, 2.24) is 4.90 Å². The van der Waals surface area contributed by atoms with E-state index in [0.29, 0.717) is 17.1 Å². The summed E-state index contributed by atoms with van der Waals surface area (Å²) in [7, 11) is 0. The van der Waals surface area contributed by atoms with Crippen molar-refractivity contribution in [3.8, 4) is 0 Å². The van der Waals surface area contributed by atoms with Gasteiger partial charge in [-0.05, 0) is 51.0 Å². The number of ketones is 1. The van der Waals surface area contributed by atoms with Crippen LogP contribution in [0.1, 0.15) is 50.4 Å². The van der Waals surface area contributed by atoms with E-state index in [0.717, 1.165) is 12.8 Å². The third-order valence-corrected chi connectivity index (χ3v) is 4.70. The third kappa shape index (κ3) is 4.33. The Morgan fingerprint density at radius 1 is 1.35 bits per heavy atom. The van der Waals surface area contributed by atoms with Gasteiger partial charge in [0.05, 0.1) is 11.6 Å². The van der Waals surface area contributed by atoms with Crippen LogP contribution in [0.2, 0.25) is 5.02 Å². The first-order chi connectivity index (χ1) is 10.7. The average Bonchev–Trinajstić information content (AvgIpc) is 2.97. The maximum absolute atomic E-state index is 12.5. The van der Waals surface area contributed by atoms with Crippen molar-refractivity contribution in [3.05, 3.63) is 34.9 Å². The summed E-state index contributed by atoms with van der Waals surface area (Å²) in [6.45, 7) is 5.87. The third-order valence-electron chi connectivity index (χ3n) is 4.45. The minimum atomic E-state index is -0.921. The van der Waals surface area contributed by atoms with E-state index in [2.05, 4.69) is 0 Å². The van der Waals surface area contributed by atoms with Crippen LogP contribution in [-0.2, 0) is 4.79 Å². The standard InChI is InChI=1S/C18H24ClNO3/c1-12(17(22)13-6-8-14(19)9-7-13)11-16(21)20-10-4-5-15(20)18(2,3)23/h6-9,12,15,23H,4-5,10-11H2,1-3H3. The zero-order chi connectivity index (χ0) is 17.2. The first-order valence-electron chi connectivity index (χ1n) is 8.01. The number of hydrogen-bond donors (Lipinski definition) is 1. The number of nitrogens with zero attached hydrogens (tertiary/aromatic N) is 1. The van der Waals surface area contributed by atoms with Crippen molar-refractivity contribution in [1.29, 1.82) is 0 Å². The number of amides is 1. The van der Waals surface area contributed by atoms with E-state index in [9.17, 15) is 14.7 Å². The molecule has 0 bridgehead atoms. The molecule has 0 radical (unpaired) electrons. The number of carbonyl (C=O) groups excluding carboxylic acids is 2. The van der Waals surface area contributed by atoms with Gasteiger partial charge in [0.25, 0.3) is 0 Å². The molecule has 0 aromatic heterocycles. The molecule has 1 heterocycles. The Morgan fingerprint density at radius 2 is 1.96 bits per heavy atom. The molecule has 1 aliphatic rings. The predicted molar refractivity (Wildman–Crippen MR) is 90.6 cm³/mol. The molecule has 1 fully saturated rings. The number of hydrogen-bond acceptors (Lipinski definition) is 3. The highest BCUT2D eigenvalue weighted by atomic mass is 35.5. The Bertz CT molecular complexity index is 577. The lowest BCUT2D eigenvalue weighted by Gasteiger charge is -2.34. The van der Waals surface area contributed by atoms with Crippen LogP contribution in [0.3, 0.4) is 0 Å². The minimum Gasteiger partial charge on any atom is -0.388 e. The van der Waals surface area contributed by atoms with E-state index in [4.69, 9.17) is 11.6 Å². The monoisotopic (exact) mass is 337 g/mol. The van der Waals surface area contributed by atoms with Crippen LogP contribution in [0.15, 0.2) is 24.3 Å².